The van der Waals surface area contributed by atoms with Gasteiger partial charge in [-0.05, 0) is 44.2 Å². The molecule has 1 N–H and O–H groups in total. The molecule has 0 heterocycles. The van der Waals surface area contributed by atoms with Gasteiger partial charge in [0.15, 0.2) is 0 Å². The molecule has 0 bridgehead atoms. The molecular weight excluding hydrogens is 340 g/mol. The molecule has 0 aliphatic rings. The summed E-state index contributed by atoms with van der Waals surface area (Å²) in [5.41, 5.74) is 1.14. The molecule has 0 aliphatic carbocycles. The van der Waals surface area contributed by atoms with E-state index >= 15 is 0 Å². The summed E-state index contributed by atoms with van der Waals surface area (Å²) in [6.07, 6.45) is -0.0461. The summed E-state index contributed by atoms with van der Waals surface area (Å²) in [5, 5.41) is 3.26. The Kier molecular flexibility index (Phi) is 6.42. The van der Waals surface area contributed by atoms with Gasteiger partial charge in [0.05, 0.1) is 11.8 Å². The molecule has 5 nitrogen and oxygen atoms in total. The zero-order valence-corrected chi connectivity index (χ0v) is 15.2. The fraction of sp³-hybridized carbons (Fsp3) is 0.263. The van der Waals surface area contributed by atoms with Gasteiger partial charge in [-0.3, -0.25) is 14.5 Å². The van der Waals surface area contributed by atoms with E-state index in [1.54, 1.807) is 42.5 Å². The highest BCUT2D eigenvalue weighted by atomic mass is 35.5. The van der Waals surface area contributed by atoms with Gasteiger partial charge in [0.2, 0.25) is 11.8 Å². The molecule has 132 valence electrons. The predicted molar refractivity (Wildman–Crippen MR) is 100 cm³/mol. The van der Waals surface area contributed by atoms with Gasteiger partial charge in [-0.15, -0.1) is 0 Å². The van der Waals surface area contributed by atoms with Crippen molar-refractivity contribution < 1.29 is 14.3 Å². The van der Waals surface area contributed by atoms with Gasteiger partial charge in [-0.1, -0.05) is 29.8 Å². The molecule has 0 unspecified atom stereocenters. The van der Waals surface area contributed by atoms with Crippen LogP contribution in [-0.4, -0.2) is 24.5 Å². The van der Waals surface area contributed by atoms with Crippen LogP contribution in [0.15, 0.2) is 48.5 Å². The Labute approximate surface area is 152 Å². The third-order valence-corrected chi connectivity index (χ3v) is 3.54. The van der Waals surface area contributed by atoms with Crippen molar-refractivity contribution in [3.8, 4) is 5.75 Å². The first-order valence-corrected chi connectivity index (χ1v) is 8.34. The van der Waals surface area contributed by atoms with Gasteiger partial charge in [-0.2, -0.15) is 0 Å². The van der Waals surface area contributed by atoms with Crippen molar-refractivity contribution in [1.82, 2.24) is 0 Å². The molecule has 6 heteroatoms. The second kappa shape index (κ2) is 8.53. The topological polar surface area (TPSA) is 58.6 Å². The Morgan fingerprint density at radius 2 is 1.88 bits per heavy atom. The lowest BCUT2D eigenvalue weighted by Crippen LogP contribution is -2.37. The number of para-hydroxylation sites is 2. The Morgan fingerprint density at radius 3 is 2.52 bits per heavy atom. The summed E-state index contributed by atoms with van der Waals surface area (Å²) in [6, 6.07) is 14.0. The third kappa shape index (κ3) is 5.50. The van der Waals surface area contributed by atoms with Gasteiger partial charge in [-0.25, -0.2) is 0 Å². The molecule has 0 aromatic heterocycles. The van der Waals surface area contributed by atoms with E-state index in [0.29, 0.717) is 22.1 Å². The van der Waals surface area contributed by atoms with Crippen molar-refractivity contribution in [2.75, 3.05) is 16.8 Å². The Bertz CT molecular complexity index is 762. The maximum Gasteiger partial charge on any atom is 0.244 e. The first-order chi connectivity index (χ1) is 11.9. The van der Waals surface area contributed by atoms with E-state index in [9.17, 15) is 9.59 Å². The van der Waals surface area contributed by atoms with Gasteiger partial charge in [0, 0.05) is 17.6 Å². The van der Waals surface area contributed by atoms with E-state index in [1.807, 2.05) is 19.9 Å². The highest BCUT2D eigenvalue weighted by molar-refractivity contribution is 6.30. The van der Waals surface area contributed by atoms with Crippen LogP contribution in [0.25, 0.3) is 0 Å². The number of carbonyl (C=O) groups excluding carboxylic acids is 2. The zero-order valence-electron chi connectivity index (χ0n) is 14.5. The monoisotopic (exact) mass is 360 g/mol. The summed E-state index contributed by atoms with van der Waals surface area (Å²) < 4.78 is 5.75. The van der Waals surface area contributed by atoms with Gasteiger partial charge >= 0.3 is 0 Å². The minimum absolute atomic E-state index is 0.0461. The number of benzene rings is 2. The SMILES string of the molecule is CC(=O)N(CC(=O)Nc1cccc(Cl)c1)c1ccccc1OC(C)C. The molecule has 2 amide bonds. The molecule has 0 spiro atoms. The zero-order chi connectivity index (χ0) is 18.4. The van der Waals surface area contributed by atoms with Crippen LogP contribution < -0.4 is 15.0 Å². The van der Waals surface area contributed by atoms with Crippen LogP contribution in [0.4, 0.5) is 11.4 Å². The van der Waals surface area contributed by atoms with Crippen LogP contribution in [0.1, 0.15) is 20.8 Å². The number of ether oxygens (including phenoxy) is 1. The average molecular weight is 361 g/mol. The molecule has 0 aliphatic heterocycles. The first kappa shape index (κ1) is 18.8. The Balaban J connectivity index is 2.19. The summed E-state index contributed by atoms with van der Waals surface area (Å²) >= 11 is 5.92. The standard InChI is InChI=1S/C19H21ClN2O3/c1-13(2)25-18-10-5-4-9-17(18)22(14(3)23)12-19(24)21-16-8-6-7-15(20)11-16/h4-11,13H,12H2,1-3H3,(H,21,24). The third-order valence-electron chi connectivity index (χ3n) is 3.31. The summed E-state index contributed by atoms with van der Waals surface area (Å²) in [6.45, 7) is 5.10. The molecule has 0 atom stereocenters. The number of rotatable bonds is 6. The highest BCUT2D eigenvalue weighted by Crippen LogP contribution is 2.29. The largest absolute Gasteiger partial charge is 0.489 e. The number of anilines is 2. The smallest absolute Gasteiger partial charge is 0.244 e. The molecule has 25 heavy (non-hydrogen) atoms. The first-order valence-electron chi connectivity index (χ1n) is 7.96. The number of hydrogen-bond acceptors (Lipinski definition) is 3. The molecular formula is C19H21ClN2O3. The molecule has 0 radical (unpaired) electrons. The lowest BCUT2D eigenvalue weighted by molar-refractivity contribution is -0.120. The van der Waals surface area contributed by atoms with Crippen LogP contribution in [-0.2, 0) is 9.59 Å². The Morgan fingerprint density at radius 1 is 1.16 bits per heavy atom. The molecule has 0 saturated heterocycles. The lowest BCUT2D eigenvalue weighted by atomic mass is 10.2. The van der Waals surface area contributed by atoms with Crippen molar-refractivity contribution in [3.05, 3.63) is 53.6 Å². The highest BCUT2D eigenvalue weighted by Gasteiger charge is 2.20. The van der Waals surface area contributed by atoms with Crippen LogP contribution >= 0.6 is 11.6 Å². The van der Waals surface area contributed by atoms with E-state index in [1.165, 1.54) is 11.8 Å². The maximum absolute atomic E-state index is 12.4. The van der Waals surface area contributed by atoms with Crippen molar-refractivity contribution >= 4 is 34.8 Å². The minimum atomic E-state index is -0.322. The van der Waals surface area contributed by atoms with Crippen LogP contribution in [0.2, 0.25) is 5.02 Å². The summed E-state index contributed by atoms with van der Waals surface area (Å²) in [5.74, 6) is -0.0128. The quantitative estimate of drug-likeness (QED) is 0.843. The number of halogens is 1. The normalized spacial score (nSPS) is 10.4. The van der Waals surface area contributed by atoms with Crippen LogP contribution in [0.3, 0.4) is 0 Å². The second-order valence-electron chi connectivity index (χ2n) is 5.80. The molecule has 0 fully saturated rings. The van der Waals surface area contributed by atoms with Crippen molar-refractivity contribution in [2.24, 2.45) is 0 Å². The van der Waals surface area contributed by atoms with Crippen molar-refractivity contribution in [2.45, 2.75) is 26.9 Å². The molecule has 0 saturated carbocycles. The molecule has 2 aromatic carbocycles. The Hall–Kier alpha value is -2.53. The van der Waals surface area contributed by atoms with E-state index in [0.717, 1.165) is 0 Å². The predicted octanol–water partition coefficient (Wildman–Crippen LogP) is 4.12. The second-order valence-corrected chi connectivity index (χ2v) is 6.23. The molecule has 2 aromatic rings. The van der Waals surface area contributed by atoms with E-state index in [4.69, 9.17) is 16.3 Å². The lowest BCUT2D eigenvalue weighted by Gasteiger charge is -2.24. The number of nitrogens with zero attached hydrogens (tertiary/aromatic N) is 1. The number of hydrogen-bond donors (Lipinski definition) is 1. The van der Waals surface area contributed by atoms with Crippen molar-refractivity contribution in [1.29, 1.82) is 0 Å². The number of amides is 2. The fourth-order valence-corrected chi connectivity index (χ4v) is 2.50. The number of carbonyl (C=O) groups is 2. The van der Waals surface area contributed by atoms with E-state index in [-0.39, 0.29) is 24.5 Å². The van der Waals surface area contributed by atoms with Crippen LogP contribution in [0, 0.1) is 0 Å². The molecule has 2 rings (SSSR count). The average Bonchev–Trinajstić information content (AvgIpc) is 2.52. The van der Waals surface area contributed by atoms with Gasteiger partial charge in [0.25, 0.3) is 0 Å². The van der Waals surface area contributed by atoms with Gasteiger partial charge in [0.1, 0.15) is 12.3 Å². The van der Waals surface area contributed by atoms with E-state index in [2.05, 4.69) is 5.32 Å². The van der Waals surface area contributed by atoms with E-state index < -0.39 is 0 Å². The van der Waals surface area contributed by atoms with Crippen molar-refractivity contribution in [3.63, 3.8) is 0 Å². The fourth-order valence-electron chi connectivity index (χ4n) is 2.31. The maximum atomic E-state index is 12.4. The van der Waals surface area contributed by atoms with Gasteiger partial charge < -0.3 is 10.1 Å². The minimum Gasteiger partial charge on any atom is -0.489 e. The summed E-state index contributed by atoms with van der Waals surface area (Å²) in [7, 11) is 0. The summed E-state index contributed by atoms with van der Waals surface area (Å²) in [4.78, 5) is 25.8. The number of nitrogens with one attached hydrogen (secondary N) is 1. The van der Waals surface area contributed by atoms with Crippen LogP contribution in [0.5, 0.6) is 5.75 Å².